The van der Waals surface area contributed by atoms with Crippen LogP contribution in [0.1, 0.15) is 17.9 Å². The van der Waals surface area contributed by atoms with Crippen molar-refractivity contribution in [1.82, 2.24) is 4.57 Å². The first-order chi connectivity index (χ1) is 15.8. The van der Waals surface area contributed by atoms with Gasteiger partial charge in [-0.25, -0.2) is 0 Å². The smallest absolute Gasteiger partial charge is 0.139 e. The third kappa shape index (κ3) is 2.73. The zero-order valence-corrected chi connectivity index (χ0v) is 17.8. The Morgan fingerprint density at radius 1 is 0.938 bits per heavy atom. The molecule has 0 amide bonds. The Morgan fingerprint density at radius 2 is 1.72 bits per heavy atom. The molecule has 0 radical (unpaired) electrons. The van der Waals surface area contributed by atoms with Crippen LogP contribution in [0.4, 0.5) is 0 Å². The van der Waals surface area contributed by atoms with Gasteiger partial charge in [0.2, 0.25) is 0 Å². The fourth-order valence-electron chi connectivity index (χ4n) is 5.01. The minimum Gasteiger partial charge on any atom is -0.456 e. The van der Waals surface area contributed by atoms with Crippen molar-refractivity contribution in [3.05, 3.63) is 114 Å². The Labute approximate surface area is 186 Å². The predicted octanol–water partition coefficient (Wildman–Crippen LogP) is 6.50. The lowest BCUT2D eigenvalue weighted by molar-refractivity contribution is 0.660. The second kappa shape index (κ2) is 7.28. The van der Waals surface area contributed by atoms with Crippen LogP contribution in [0.5, 0.6) is 0 Å². The minimum atomic E-state index is 0.253. The van der Waals surface area contributed by atoms with E-state index in [1.54, 1.807) is 6.08 Å². The van der Waals surface area contributed by atoms with Crippen LogP contribution in [0, 0.1) is 0 Å². The van der Waals surface area contributed by atoms with Crippen molar-refractivity contribution in [2.45, 2.75) is 12.3 Å². The molecule has 5 aromatic rings. The summed E-state index contributed by atoms with van der Waals surface area (Å²) in [5.74, 6) is 0.253. The number of fused-ring (bicyclic) bond motifs is 6. The lowest BCUT2D eigenvalue weighted by atomic mass is 9.90. The van der Waals surface area contributed by atoms with Crippen LogP contribution >= 0.6 is 0 Å². The van der Waals surface area contributed by atoms with Crippen molar-refractivity contribution in [2.75, 3.05) is 0 Å². The van der Waals surface area contributed by atoms with Gasteiger partial charge in [-0.1, -0.05) is 92.1 Å². The number of para-hydroxylation sites is 3. The van der Waals surface area contributed by atoms with Crippen molar-refractivity contribution >= 4 is 50.7 Å². The highest BCUT2D eigenvalue weighted by atomic mass is 16.3. The van der Waals surface area contributed by atoms with E-state index in [9.17, 15) is 0 Å². The van der Waals surface area contributed by atoms with E-state index in [1.807, 2.05) is 24.3 Å². The molecule has 0 aliphatic heterocycles. The first-order valence-electron chi connectivity index (χ1n) is 11.0. The standard InChI is InChI=1S/C30H23NO/c1-3-4-10-20(2)31-27-15-7-5-11-23(27)26-19-21(17-18-28(26)31)22-13-9-14-25-24-12-6-8-16-29(24)32-30(22)25/h3-16,18-19,21H,1-2,17H2. The first-order valence-corrected chi connectivity index (χ1v) is 11.0. The average Bonchev–Trinajstić information content (AvgIpc) is 3.38. The summed E-state index contributed by atoms with van der Waals surface area (Å²) in [6.07, 6.45) is 11.4. The summed E-state index contributed by atoms with van der Waals surface area (Å²) in [6, 6.07) is 23.3. The molecule has 2 heterocycles. The largest absolute Gasteiger partial charge is 0.456 e. The number of hydrogen-bond donors (Lipinski definition) is 0. The average molecular weight is 414 g/mol. The highest BCUT2D eigenvalue weighted by Crippen LogP contribution is 2.36. The molecule has 0 saturated carbocycles. The molecule has 1 atom stereocenters. The molecule has 0 fully saturated rings. The van der Waals surface area contributed by atoms with Gasteiger partial charge in [0.1, 0.15) is 11.2 Å². The van der Waals surface area contributed by atoms with Gasteiger partial charge in [0.25, 0.3) is 0 Å². The van der Waals surface area contributed by atoms with Crippen LogP contribution in [-0.2, 0) is 0 Å². The number of aromatic nitrogens is 1. The zero-order valence-electron chi connectivity index (χ0n) is 17.8. The molecule has 2 heteroatoms. The molecule has 1 unspecified atom stereocenters. The molecule has 0 saturated heterocycles. The van der Waals surface area contributed by atoms with Crippen molar-refractivity contribution in [3.63, 3.8) is 0 Å². The van der Waals surface area contributed by atoms with Gasteiger partial charge in [0.15, 0.2) is 0 Å². The molecule has 0 spiro atoms. The number of benzene rings is 3. The third-order valence-corrected chi connectivity index (χ3v) is 6.43. The maximum absolute atomic E-state index is 6.33. The monoisotopic (exact) mass is 413 g/mol. The van der Waals surface area contributed by atoms with Gasteiger partial charge in [0.05, 0.1) is 5.52 Å². The van der Waals surface area contributed by atoms with Crippen LogP contribution in [-0.4, -0.2) is 4.57 Å². The molecule has 3 aromatic carbocycles. The SMILES string of the molecule is C=CC=CC(=C)n1c2c(c3ccccc31)=CC(c1cccc3c1oc1ccccc13)CC=2. The molecular weight excluding hydrogens is 390 g/mol. The van der Waals surface area contributed by atoms with Crippen LogP contribution in [0.3, 0.4) is 0 Å². The summed E-state index contributed by atoms with van der Waals surface area (Å²) < 4.78 is 8.58. The second-order valence-corrected chi connectivity index (χ2v) is 8.27. The van der Waals surface area contributed by atoms with Gasteiger partial charge in [-0.2, -0.15) is 0 Å². The van der Waals surface area contributed by atoms with E-state index in [0.717, 1.165) is 23.3 Å². The summed E-state index contributed by atoms with van der Waals surface area (Å²) in [5, 5.41) is 6.07. The fourth-order valence-corrected chi connectivity index (χ4v) is 5.01. The number of furan rings is 1. The topological polar surface area (TPSA) is 18.1 Å². The van der Waals surface area contributed by atoms with Crippen molar-refractivity contribution < 1.29 is 4.42 Å². The molecular formula is C30H23NO. The molecule has 1 aliphatic rings. The number of hydrogen-bond acceptors (Lipinski definition) is 1. The van der Waals surface area contributed by atoms with Crippen molar-refractivity contribution in [1.29, 1.82) is 0 Å². The summed E-state index contributed by atoms with van der Waals surface area (Å²) in [5.41, 5.74) is 5.28. The first kappa shape index (κ1) is 18.7. The zero-order chi connectivity index (χ0) is 21.7. The third-order valence-electron chi connectivity index (χ3n) is 6.43. The van der Waals surface area contributed by atoms with Crippen molar-refractivity contribution in [3.8, 4) is 0 Å². The molecule has 2 nitrogen and oxygen atoms in total. The molecule has 0 N–H and O–H groups in total. The Balaban J connectivity index is 1.59. The lowest BCUT2D eigenvalue weighted by Crippen LogP contribution is -2.31. The summed E-state index contributed by atoms with van der Waals surface area (Å²) in [4.78, 5) is 0. The van der Waals surface area contributed by atoms with Gasteiger partial charge in [-0.3, -0.25) is 0 Å². The van der Waals surface area contributed by atoms with E-state index in [2.05, 4.69) is 84.5 Å². The Bertz CT molecular complexity index is 1690. The van der Waals surface area contributed by atoms with Gasteiger partial charge in [-0.15, -0.1) is 0 Å². The molecule has 154 valence electrons. The Hall–Kier alpha value is -4.04. The van der Waals surface area contributed by atoms with E-state index in [0.29, 0.717) is 0 Å². The second-order valence-electron chi connectivity index (χ2n) is 8.27. The van der Waals surface area contributed by atoms with E-state index in [4.69, 9.17) is 4.42 Å². The Morgan fingerprint density at radius 3 is 2.59 bits per heavy atom. The van der Waals surface area contributed by atoms with Gasteiger partial charge in [0, 0.05) is 43.9 Å². The molecule has 32 heavy (non-hydrogen) atoms. The maximum atomic E-state index is 6.33. The van der Waals surface area contributed by atoms with E-state index < -0.39 is 0 Å². The van der Waals surface area contributed by atoms with E-state index in [1.165, 1.54) is 37.8 Å². The highest BCUT2D eigenvalue weighted by molar-refractivity contribution is 6.06. The number of nitrogens with zero attached hydrogens (tertiary/aromatic N) is 1. The summed E-state index contributed by atoms with van der Waals surface area (Å²) in [7, 11) is 0. The van der Waals surface area contributed by atoms with Gasteiger partial charge in [-0.05, 0) is 24.6 Å². The predicted molar refractivity (Wildman–Crippen MR) is 136 cm³/mol. The molecule has 6 rings (SSSR count). The van der Waals surface area contributed by atoms with E-state index >= 15 is 0 Å². The minimum absolute atomic E-state index is 0.253. The Kier molecular flexibility index (Phi) is 4.26. The summed E-state index contributed by atoms with van der Waals surface area (Å²) in [6.45, 7) is 8.10. The van der Waals surface area contributed by atoms with E-state index in [-0.39, 0.29) is 5.92 Å². The quantitative estimate of drug-likeness (QED) is 0.308. The van der Waals surface area contributed by atoms with Gasteiger partial charge < -0.3 is 8.98 Å². The van der Waals surface area contributed by atoms with Gasteiger partial charge >= 0.3 is 0 Å². The molecule has 1 aliphatic carbocycles. The number of allylic oxidation sites excluding steroid dienone is 4. The summed E-state index contributed by atoms with van der Waals surface area (Å²) >= 11 is 0. The van der Waals surface area contributed by atoms with Crippen LogP contribution in [0.15, 0.2) is 103 Å². The van der Waals surface area contributed by atoms with Crippen molar-refractivity contribution in [2.24, 2.45) is 0 Å². The molecule has 2 aromatic heterocycles. The normalized spacial score (nSPS) is 15.7. The van der Waals surface area contributed by atoms with Crippen LogP contribution < -0.4 is 10.6 Å². The maximum Gasteiger partial charge on any atom is 0.139 e. The highest BCUT2D eigenvalue weighted by Gasteiger charge is 2.20. The fraction of sp³-hybridized carbons (Fsp3) is 0.0667. The van der Waals surface area contributed by atoms with Crippen LogP contribution in [0.25, 0.3) is 50.7 Å². The lowest BCUT2D eigenvalue weighted by Gasteiger charge is -2.15. The number of rotatable bonds is 4. The molecule has 0 bridgehead atoms. The van der Waals surface area contributed by atoms with Crippen LogP contribution in [0.2, 0.25) is 0 Å².